The van der Waals surface area contributed by atoms with Crippen molar-refractivity contribution < 1.29 is 9.13 Å². The number of aryl methyl sites for hydroxylation is 2. The molecule has 1 fully saturated rings. The summed E-state index contributed by atoms with van der Waals surface area (Å²) in [6.07, 6.45) is 2.88. The van der Waals surface area contributed by atoms with Crippen molar-refractivity contribution in [2.45, 2.75) is 26.4 Å². The summed E-state index contributed by atoms with van der Waals surface area (Å²) in [5, 5.41) is 7.19. The van der Waals surface area contributed by atoms with Crippen molar-refractivity contribution in [2.24, 2.45) is 0 Å². The molecular weight excluding hydrogens is 413 g/mol. The van der Waals surface area contributed by atoms with Gasteiger partial charge in [0.05, 0.1) is 10.2 Å². The molecule has 0 aliphatic carbocycles. The molecule has 0 unspecified atom stereocenters. The van der Waals surface area contributed by atoms with Gasteiger partial charge in [-0.25, -0.2) is 14.4 Å². The number of ether oxygens (including phenoxy) is 1. The summed E-state index contributed by atoms with van der Waals surface area (Å²) in [4.78, 5) is 13.7. The number of pyridine rings is 2. The maximum atomic E-state index is 14.4. The summed E-state index contributed by atoms with van der Waals surface area (Å²) in [5.41, 5.74) is 3.22. The number of halogens is 1. The number of nitrogens with one attached hydrogen (secondary N) is 2. The van der Waals surface area contributed by atoms with E-state index in [9.17, 15) is 4.39 Å². The fraction of sp³-hybridized carbons (Fsp3) is 0.261. The van der Waals surface area contributed by atoms with Gasteiger partial charge >= 0.3 is 0 Å². The van der Waals surface area contributed by atoms with Gasteiger partial charge in [0.25, 0.3) is 0 Å². The van der Waals surface area contributed by atoms with Crippen LogP contribution in [0.25, 0.3) is 20.8 Å². The number of fused-ring (bicyclic) bond motifs is 1. The van der Waals surface area contributed by atoms with E-state index < -0.39 is 0 Å². The summed E-state index contributed by atoms with van der Waals surface area (Å²) >= 11 is 1.43. The number of benzene rings is 1. The van der Waals surface area contributed by atoms with Crippen LogP contribution in [0.15, 0.2) is 42.6 Å². The van der Waals surface area contributed by atoms with Crippen LogP contribution in [-0.4, -0.2) is 34.1 Å². The van der Waals surface area contributed by atoms with E-state index in [-0.39, 0.29) is 11.9 Å². The lowest BCUT2D eigenvalue weighted by molar-refractivity contribution is 0.214. The highest BCUT2D eigenvalue weighted by Crippen LogP contribution is 2.34. The molecule has 5 rings (SSSR count). The number of nitrogens with zero attached hydrogens (tertiary/aromatic N) is 3. The smallest absolute Gasteiger partial charge is 0.215 e. The first kappa shape index (κ1) is 19.8. The molecule has 3 aromatic heterocycles. The Morgan fingerprint density at radius 2 is 2.06 bits per heavy atom. The molecule has 31 heavy (non-hydrogen) atoms. The molecule has 4 aromatic rings. The number of hydrogen-bond acceptors (Lipinski definition) is 7. The third-order valence-electron chi connectivity index (χ3n) is 5.22. The van der Waals surface area contributed by atoms with E-state index in [1.165, 1.54) is 17.4 Å². The van der Waals surface area contributed by atoms with Crippen molar-refractivity contribution in [2.75, 3.05) is 18.4 Å². The lowest BCUT2D eigenvalue weighted by Gasteiger charge is -2.13. The van der Waals surface area contributed by atoms with Crippen molar-refractivity contribution in [3.63, 3.8) is 0 Å². The van der Waals surface area contributed by atoms with Gasteiger partial charge in [-0.3, -0.25) is 0 Å². The summed E-state index contributed by atoms with van der Waals surface area (Å²) in [5.74, 6) is 1.62. The quantitative estimate of drug-likeness (QED) is 0.460. The maximum absolute atomic E-state index is 14.4. The summed E-state index contributed by atoms with van der Waals surface area (Å²) in [7, 11) is 0. The van der Waals surface area contributed by atoms with Crippen LogP contribution in [-0.2, 0) is 0 Å². The number of hydrogen-bond donors (Lipinski definition) is 2. The molecule has 1 aliphatic rings. The molecule has 0 spiro atoms. The number of anilines is 2. The van der Waals surface area contributed by atoms with Gasteiger partial charge in [0.2, 0.25) is 5.88 Å². The predicted molar refractivity (Wildman–Crippen MR) is 122 cm³/mol. The zero-order valence-corrected chi connectivity index (χ0v) is 18.1. The van der Waals surface area contributed by atoms with Gasteiger partial charge in [0.15, 0.2) is 0 Å². The Labute approximate surface area is 183 Å². The Bertz CT molecular complexity index is 1230. The van der Waals surface area contributed by atoms with Crippen molar-refractivity contribution >= 4 is 33.2 Å². The normalized spacial score (nSPS) is 16.0. The van der Waals surface area contributed by atoms with Gasteiger partial charge in [0.1, 0.15) is 28.6 Å². The van der Waals surface area contributed by atoms with Gasteiger partial charge in [-0.1, -0.05) is 12.1 Å². The molecule has 1 aromatic carbocycles. The van der Waals surface area contributed by atoms with Crippen LogP contribution in [0.1, 0.15) is 17.5 Å². The van der Waals surface area contributed by atoms with E-state index in [0.29, 0.717) is 28.1 Å². The van der Waals surface area contributed by atoms with Gasteiger partial charge in [-0.15, -0.1) is 11.3 Å². The van der Waals surface area contributed by atoms with E-state index in [2.05, 4.69) is 25.6 Å². The van der Waals surface area contributed by atoms with E-state index >= 15 is 0 Å². The maximum Gasteiger partial charge on any atom is 0.215 e. The molecule has 1 saturated heterocycles. The SMILES string of the molecule is Cc1cc(Nc2cc3nc(-c4c(C)cccc4F)sc3cn2)nc(O[C@H]2CCNC2)c1. The third-order valence-corrected chi connectivity index (χ3v) is 6.24. The zero-order chi connectivity index (χ0) is 21.4. The fourth-order valence-corrected chi connectivity index (χ4v) is 4.73. The van der Waals surface area contributed by atoms with Gasteiger partial charge < -0.3 is 15.4 Å². The fourth-order valence-electron chi connectivity index (χ4n) is 3.70. The largest absolute Gasteiger partial charge is 0.473 e. The molecular formula is C23H22FN5OS. The number of aromatic nitrogens is 3. The lowest BCUT2D eigenvalue weighted by Crippen LogP contribution is -2.20. The first-order chi connectivity index (χ1) is 15.0. The molecule has 158 valence electrons. The molecule has 4 heterocycles. The second-order valence-corrected chi connectivity index (χ2v) is 8.74. The van der Waals surface area contributed by atoms with E-state index in [1.54, 1.807) is 12.3 Å². The molecule has 1 aliphatic heterocycles. The third kappa shape index (κ3) is 4.22. The van der Waals surface area contributed by atoms with E-state index in [0.717, 1.165) is 40.9 Å². The van der Waals surface area contributed by atoms with Crippen LogP contribution in [0.5, 0.6) is 5.88 Å². The minimum Gasteiger partial charge on any atom is -0.473 e. The van der Waals surface area contributed by atoms with Crippen molar-refractivity contribution in [1.29, 1.82) is 0 Å². The predicted octanol–water partition coefficient (Wildman–Crippen LogP) is 4.99. The van der Waals surface area contributed by atoms with E-state index in [1.807, 2.05) is 38.1 Å². The highest BCUT2D eigenvalue weighted by Gasteiger charge is 2.17. The second kappa shape index (κ2) is 8.20. The molecule has 0 amide bonds. The monoisotopic (exact) mass is 435 g/mol. The second-order valence-electron chi connectivity index (χ2n) is 7.71. The first-order valence-electron chi connectivity index (χ1n) is 10.2. The Morgan fingerprint density at radius 1 is 1.16 bits per heavy atom. The molecule has 8 heteroatoms. The minimum atomic E-state index is -0.265. The standard InChI is InChI=1S/C23H22FN5OS/c1-13-8-20(29-21(9-13)30-15-6-7-25-11-15)28-19-10-17-18(12-26-19)31-23(27-17)22-14(2)4-3-5-16(22)24/h3-5,8-10,12,15,25H,6-7,11H2,1-2H3,(H,26,28,29)/t15-/m0/s1. The van der Waals surface area contributed by atoms with Crippen molar-refractivity contribution in [3.05, 3.63) is 59.5 Å². The van der Waals surface area contributed by atoms with Crippen LogP contribution in [0.3, 0.4) is 0 Å². The Morgan fingerprint density at radius 3 is 2.87 bits per heavy atom. The number of rotatable bonds is 5. The van der Waals surface area contributed by atoms with Crippen LogP contribution >= 0.6 is 11.3 Å². The highest BCUT2D eigenvalue weighted by atomic mass is 32.1. The lowest BCUT2D eigenvalue weighted by atomic mass is 10.1. The van der Waals surface area contributed by atoms with Crippen LogP contribution in [0.4, 0.5) is 16.0 Å². The Balaban J connectivity index is 1.41. The molecule has 2 N–H and O–H groups in total. The van der Waals surface area contributed by atoms with Crippen molar-refractivity contribution in [1.82, 2.24) is 20.3 Å². The number of thiazole rings is 1. The van der Waals surface area contributed by atoms with Crippen LogP contribution < -0.4 is 15.4 Å². The average molecular weight is 436 g/mol. The molecule has 1 atom stereocenters. The Kier molecular flexibility index (Phi) is 5.25. The summed E-state index contributed by atoms with van der Waals surface area (Å²) in [6.45, 7) is 5.70. The molecule has 6 nitrogen and oxygen atoms in total. The van der Waals surface area contributed by atoms with Crippen LogP contribution in [0, 0.1) is 19.7 Å². The summed E-state index contributed by atoms with van der Waals surface area (Å²) in [6, 6.07) is 10.8. The minimum absolute atomic E-state index is 0.145. The molecule has 0 radical (unpaired) electrons. The van der Waals surface area contributed by atoms with Gasteiger partial charge in [-0.2, -0.15) is 4.98 Å². The van der Waals surface area contributed by atoms with Gasteiger partial charge in [-0.05, 0) is 50.1 Å². The molecule has 0 bridgehead atoms. The highest BCUT2D eigenvalue weighted by molar-refractivity contribution is 7.21. The zero-order valence-electron chi connectivity index (χ0n) is 17.3. The van der Waals surface area contributed by atoms with E-state index in [4.69, 9.17) is 4.74 Å². The molecule has 0 saturated carbocycles. The van der Waals surface area contributed by atoms with Crippen LogP contribution in [0.2, 0.25) is 0 Å². The van der Waals surface area contributed by atoms with Gasteiger partial charge in [0, 0.05) is 30.4 Å². The summed E-state index contributed by atoms with van der Waals surface area (Å²) < 4.78 is 21.3. The average Bonchev–Trinajstić information content (AvgIpc) is 3.36. The first-order valence-corrected chi connectivity index (χ1v) is 11.0. The topological polar surface area (TPSA) is 72.0 Å². The Hall–Kier alpha value is -3.10. The van der Waals surface area contributed by atoms with Crippen molar-refractivity contribution in [3.8, 4) is 16.5 Å².